The molecule has 2 aromatic carbocycles. The summed E-state index contributed by atoms with van der Waals surface area (Å²) in [6.45, 7) is 6.02. The molecular weight excluding hydrogens is 346 g/mol. The lowest BCUT2D eigenvalue weighted by atomic mass is 10.1. The summed E-state index contributed by atoms with van der Waals surface area (Å²) in [5.41, 5.74) is 3.93. The van der Waals surface area contributed by atoms with Crippen molar-refractivity contribution in [3.63, 3.8) is 0 Å². The molecule has 0 radical (unpaired) electrons. The summed E-state index contributed by atoms with van der Waals surface area (Å²) in [7, 11) is 0. The third-order valence-corrected chi connectivity index (χ3v) is 4.77. The van der Waals surface area contributed by atoms with Crippen LogP contribution in [0.2, 0.25) is 0 Å². The van der Waals surface area contributed by atoms with Crippen LogP contribution >= 0.6 is 0 Å². The van der Waals surface area contributed by atoms with Crippen LogP contribution in [0.25, 0.3) is 0 Å². The fraction of sp³-hybridized carbons (Fsp3) is 0.227. The molecule has 1 unspecified atom stereocenters. The fourth-order valence-corrected chi connectivity index (χ4v) is 3.47. The van der Waals surface area contributed by atoms with Gasteiger partial charge in [0.25, 0.3) is 5.91 Å². The number of halogens is 2. The molecule has 3 nitrogen and oxygen atoms in total. The normalized spacial score (nSPS) is 12.0. The number of benzene rings is 2. The van der Waals surface area contributed by atoms with Gasteiger partial charge in [-0.2, -0.15) is 0 Å². The van der Waals surface area contributed by atoms with Gasteiger partial charge < -0.3 is 9.88 Å². The third kappa shape index (κ3) is 4.08. The minimum absolute atomic E-state index is 0.0609. The molecule has 27 heavy (non-hydrogen) atoms. The van der Waals surface area contributed by atoms with E-state index in [1.807, 2.05) is 38.1 Å². The fourth-order valence-electron chi connectivity index (χ4n) is 3.47. The van der Waals surface area contributed by atoms with Gasteiger partial charge in [0.15, 0.2) is 0 Å². The van der Waals surface area contributed by atoms with Crippen LogP contribution in [0, 0.1) is 25.5 Å². The first-order chi connectivity index (χ1) is 12.9. The van der Waals surface area contributed by atoms with Gasteiger partial charge >= 0.3 is 0 Å². The molecule has 1 heterocycles. The summed E-state index contributed by atoms with van der Waals surface area (Å²) in [4.78, 5) is 12.6. The molecule has 0 aliphatic carbocycles. The topological polar surface area (TPSA) is 34.0 Å². The molecule has 3 rings (SSSR count). The highest BCUT2D eigenvalue weighted by Crippen LogP contribution is 2.25. The highest BCUT2D eigenvalue weighted by molar-refractivity contribution is 5.95. The van der Waals surface area contributed by atoms with E-state index >= 15 is 0 Å². The van der Waals surface area contributed by atoms with Crippen LogP contribution in [-0.4, -0.2) is 10.5 Å². The second kappa shape index (κ2) is 7.74. The molecule has 1 aromatic heterocycles. The Morgan fingerprint density at radius 3 is 2.30 bits per heavy atom. The van der Waals surface area contributed by atoms with E-state index < -0.39 is 11.6 Å². The predicted molar refractivity (Wildman–Crippen MR) is 102 cm³/mol. The van der Waals surface area contributed by atoms with E-state index in [9.17, 15) is 13.6 Å². The number of rotatable bonds is 5. The zero-order valence-corrected chi connectivity index (χ0v) is 15.6. The van der Waals surface area contributed by atoms with Gasteiger partial charge in [-0.05, 0) is 50.1 Å². The SMILES string of the molecule is Cc1cc(C(=O)NCc2cc(F)cc(F)c2)c(C)n1C(C)c1ccccc1. The maximum atomic E-state index is 13.3. The van der Waals surface area contributed by atoms with Crippen LogP contribution in [0.1, 0.15) is 45.8 Å². The lowest BCUT2D eigenvalue weighted by Crippen LogP contribution is -2.23. The minimum Gasteiger partial charge on any atom is -0.348 e. The van der Waals surface area contributed by atoms with Gasteiger partial charge in [0.1, 0.15) is 11.6 Å². The molecule has 0 bridgehead atoms. The zero-order chi connectivity index (χ0) is 19.6. The highest BCUT2D eigenvalue weighted by Gasteiger charge is 2.19. The van der Waals surface area contributed by atoms with Crippen LogP contribution in [0.3, 0.4) is 0 Å². The Kier molecular flexibility index (Phi) is 5.40. The molecule has 0 aliphatic rings. The maximum absolute atomic E-state index is 13.3. The molecule has 140 valence electrons. The third-order valence-electron chi connectivity index (χ3n) is 4.77. The van der Waals surface area contributed by atoms with Gasteiger partial charge in [0, 0.05) is 24.0 Å². The number of hydrogen-bond donors (Lipinski definition) is 1. The summed E-state index contributed by atoms with van der Waals surface area (Å²) < 4.78 is 28.7. The van der Waals surface area contributed by atoms with E-state index in [2.05, 4.69) is 28.9 Å². The van der Waals surface area contributed by atoms with Crippen molar-refractivity contribution in [2.75, 3.05) is 0 Å². The van der Waals surface area contributed by atoms with Crippen molar-refractivity contribution in [1.29, 1.82) is 0 Å². The van der Waals surface area contributed by atoms with Crippen molar-refractivity contribution in [2.24, 2.45) is 0 Å². The first-order valence-corrected chi connectivity index (χ1v) is 8.83. The van der Waals surface area contributed by atoms with Crippen molar-refractivity contribution in [1.82, 2.24) is 9.88 Å². The molecule has 1 amide bonds. The Morgan fingerprint density at radius 1 is 1.04 bits per heavy atom. The van der Waals surface area contributed by atoms with Crippen molar-refractivity contribution in [3.8, 4) is 0 Å². The Hall–Kier alpha value is -2.95. The summed E-state index contributed by atoms with van der Waals surface area (Å²) in [6.07, 6.45) is 0. The highest BCUT2D eigenvalue weighted by atomic mass is 19.1. The van der Waals surface area contributed by atoms with Gasteiger partial charge in [-0.3, -0.25) is 4.79 Å². The van der Waals surface area contributed by atoms with E-state index in [1.165, 1.54) is 12.1 Å². The monoisotopic (exact) mass is 368 g/mol. The van der Waals surface area contributed by atoms with Crippen molar-refractivity contribution in [3.05, 3.63) is 94.3 Å². The second-order valence-corrected chi connectivity index (χ2v) is 6.70. The smallest absolute Gasteiger partial charge is 0.253 e. The largest absolute Gasteiger partial charge is 0.348 e. The predicted octanol–water partition coefficient (Wildman–Crippen LogP) is 4.92. The van der Waals surface area contributed by atoms with Crippen molar-refractivity contribution in [2.45, 2.75) is 33.4 Å². The Bertz CT molecular complexity index is 944. The van der Waals surface area contributed by atoms with Crippen LogP contribution < -0.4 is 5.32 Å². The Balaban J connectivity index is 1.80. The first kappa shape index (κ1) is 18.8. The van der Waals surface area contributed by atoms with E-state index in [1.54, 1.807) is 0 Å². The number of hydrogen-bond acceptors (Lipinski definition) is 1. The van der Waals surface area contributed by atoms with Crippen molar-refractivity contribution >= 4 is 5.91 Å². The van der Waals surface area contributed by atoms with Gasteiger partial charge in [0.2, 0.25) is 0 Å². The van der Waals surface area contributed by atoms with E-state index in [-0.39, 0.29) is 18.5 Å². The first-order valence-electron chi connectivity index (χ1n) is 8.83. The van der Waals surface area contributed by atoms with Gasteiger partial charge in [0.05, 0.1) is 11.6 Å². The average Bonchev–Trinajstić information content (AvgIpc) is 2.93. The van der Waals surface area contributed by atoms with Crippen LogP contribution in [0.5, 0.6) is 0 Å². The molecule has 5 heteroatoms. The van der Waals surface area contributed by atoms with E-state index in [4.69, 9.17) is 0 Å². The number of amides is 1. The van der Waals surface area contributed by atoms with Crippen LogP contribution in [0.15, 0.2) is 54.6 Å². The Labute approximate surface area is 157 Å². The number of aryl methyl sites for hydroxylation is 1. The Morgan fingerprint density at radius 2 is 1.67 bits per heavy atom. The molecular formula is C22H22F2N2O. The van der Waals surface area contributed by atoms with Gasteiger partial charge in [-0.15, -0.1) is 0 Å². The van der Waals surface area contributed by atoms with E-state index in [0.717, 1.165) is 23.0 Å². The molecule has 3 aromatic rings. The van der Waals surface area contributed by atoms with Crippen LogP contribution in [0.4, 0.5) is 8.78 Å². The van der Waals surface area contributed by atoms with Crippen molar-refractivity contribution < 1.29 is 13.6 Å². The molecule has 0 aliphatic heterocycles. The molecule has 0 saturated carbocycles. The summed E-state index contributed by atoms with van der Waals surface area (Å²) >= 11 is 0. The number of carbonyl (C=O) groups excluding carboxylic acids is 1. The van der Waals surface area contributed by atoms with Crippen LogP contribution in [-0.2, 0) is 6.54 Å². The number of aromatic nitrogens is 1. The summed E-state index contributed by atoms with van der Waals surface area (Å²) in [5.74, 6) is -1.58. The van der Waals surface area contributed by atoms with Gasteiger partial charge in [-0.1, -0.05) is 30.3 Å². The standard InChI is InChI=1S/C22H22F2N2O/c1-14-9-21(16(3)26(14)15(2)18-7-5-4-6-8-18)22(27)25-13-17-10-19(23)12-20(24)11-17/h4-12,15H,13H2,1-3H3,(H,25,27). The number of nitrogens with one attached hydrogen (secondary N) is 1. The van der Waals surface area contributed by atoms with Gasteiger partial charge in [-0.25, -0.2) is 8.78 Å². The van der Waals surface area contributed by atoms with E-state index in [0.29, 0.717) is 11.1 Å². The second-order valence-electron chi connectivity index (χ2n) is 6.70. The lowest BCUT2D eigenvalue weighted by Gasteiger charge is -2.19. The average molecular weight is 368 g/mol. The molecule has 0 saturated heterocycles. The molecule has 1 N–H and O–H groups in total. The minimum atomic E-state index is -0.658. The summed E-state index contributed by atoms with van der Waals surface area (Å²) in [6, 6.07) is 15.2. The lowest BCUT2D eigenvalue weighted by molar-refractivity contribution is 0.0950. The zero-order valence-electron chi connectivity index (χ0n) is 15.6. The summed E-state index contributed by atoms with van der Waals surface area (Å²) in [5, 5.41) is 2.74. The molecule has 0 spiro atoms. The number of carbonyl (C=O) groups is 1. The molecule has 1 atom stereocenters. The number of nitrogens with zero attached hydrogens (tertiary/aromatic N) is 1. The quantitative estimate of drug-likeness (QED) is 0.681. The molecule has 0 fully saturated rings. The maximum Gasteiger partial charge on any atom is 0.253 e.